The molecule has 0 spiro atoms. The molecule has 0 aromatic carbocycles. The normalized spacial score (nSPS) is 18.8. The number of terminal acetylenes is 1. The van der Waals surface area contributed by atoms with E-state index in [0.29, 0.717) is 25.0 Å². The zero-order chi connectivity index (χ0) is 11.8. The molecule has 0 bridgehead atoms. The van der Waals surface area contributed by atoms with Crippen LogP contribution in [-0.4, -0.2) is 25.0 Å². The van der Waals surface area contributed by atoms with Gasteiger partial charge >= 0.3 is 0 Å². The molecule has 0 radical (unpaired) electrons. The van der Waals surface area contributed by atoms with Crippen molar-refractivity contribution in [2.75, 3.05) is 13.1 Å². The molecular formula is C13H22N2O. The van der Waals surface area contributed by atoms with E-state index in [-0.39, 0.29) is 5.91 Å². The van der Waals surface area contributed by atoms with Crippen LogP contribution in [0.25, 0.3) is 0 Å². The average Bonchev–Trinajstić information content (AvgIpc) is 2.30. The van der Waals surface area contributed by atoms with E-state index in [1.165, 1.54) is 32.1 Å². The Morgan fingerprint density at radius 3 is 2.75 bits per heavy atom. The summed E-state index contributed by atoms with van der Waals surface area (Å²) in [5.74, 6) is 3.16. The van der Waals surface area contributed by atoms with Crippen molar-refractivity contribution in [2.45, 2.75) is 45.1 Å². The van der Waals surface area contributed by atoms with Gasteiger partial charge in [-0.2, -0.15) is 0 Å². The van der Waals surface area contributed by atoms with E-state index in [9.17, 15) is 4.79 Å². The fourth-order valence-corrected chi connectivity index (χ4v) is 2.31. The molecule has 0 heterocycles. The molecule has 3 heteroatoms. The number of rotatable bonds is 5. The lowest BCUT2D eigenvalue weighted by Crippen LogP contribution is -2.43. The summed E-state index contributed by atoms with van der Waals surface area (Å²) in [5, 5.41) is 5.93. The number of carbonyl (C=O) groups is 1. The first-order valence-electron chi connectivity index (χ1n) is 6.17. The Hall–Kier alpha value is -1.01. The number of carbonyl (C=O) groups excluding carboxylic acids is 1. The predicted octanol–water partition coefficient (Wildman–Crippen LogP) is 1.29. The Morgan fingerprint density at radius 1 is 1.44 bits per heavy atom. The van der Waals surface area contributed by atoms with Crippen LogP contribution in [0.1, 0.15) is 39.0 Å². The lowest BCUT2D eigenvalue weighted by molar-refractivity contribution is -0.121. The summed E-state index contributed by atoms with van der Waals surface area (Å²) in [6.45, 7) is 2.88. The second-order valence-corrected chi connectivity index (χ2v) is 4.56. The van der Waals surface area contributed by atoms with E-state index < -0.39 is 0 Å². The maximum atomic E-state index is 11.5. The highest BCUT2D eigenvalue weighted by Crippen LogP contribution is 2.26. The average molecular weight is 222 g/mol. The van der Waals surface area contributed by atoms with Gasteiger partial charge in [0.15, 0.2) is 0 Å². The van der Waals surface area contributed by atoms with Crippen LogP contribution < -0.4 is 10.6 Å². The Kier molecular flexibility index (Phi) is 5.95. The standard InChI is InChI=1S/C13H22N2O/c1-3-9-14-10-13(16)15-11(2)12-7-5-4-6-8-12/h1,11-12,14H,4-10H2,2H3,(H,15,16)/t11-/m0/s1. The molecule has 0 aromatic heterocycles. The van der Waals surface area contributed by atoms with Gasteiger partial charge in [-0.3, -0.25) is 10.1 Å². The molecule has 1 amide bonds. The minimum atomic E-state index is 0.0494. The second kappa shape index (κ2) is 7.29. The summed E-state index contributed by atoms with van der Waals surface area (Å²) in [6, 6.07) is 0.292. The second-order valence-electron chi connectivity index (χ2n) is 4.56. The fraction of sp³-hybridized carbons (Fsp3) is 0.769. The van der Waals surface area contributed by atoms with Crippen LogP contribution >= 0.6 is 0 Å². The molecule has 0 aliphatic heterocycles. The Bertz CT molecular complexity index is 251. The molecule has 1 atom stereocenters. The van der Waals surface area contributed by atoms with E-state index >= 15 is 0 Å². The molecule has 0 unspecified atom stereocenters. The summed E-state index contributed by atoms with van der Waals surface area (Å²) < 4.78 is 0. The predicted molar refractivity (Wildman–Crippen MR) is 65.9 cm³/mol. The summed E-state index contributed by atoms with van der Waals surface area (Å²) in [5.41, 5.74) is 0. The summed E-state index contributed by atoms with van der Waals surface area (Å²) in [4.78, 5) is 11.5. The zero-order valence-corrected chi connectivity index (χ0v) is 10.1. The van der Waals surface area contributed by atoms with Gasteiger partial charge in [0.1, 0.15) is 0 Å². The van der Waals surface area contributed by atoms with Crippen LogP contribution in [0.4, 0.5) is 0 Å². The van der Waals surface area contributed by atoms with E-state index in [1.54, 1.807) is 0 Å². The third kappa shape index (κ3) is 4.67. The smallest absolute Gasteiger partial charge is 0.234 e. The quantitative estimate of drug-likeness (QED) is 0.544. The maximum absolute atomic E-state index is 11.5. The Labute approximate surface area is 98.4 Å². The minimum absolute atomic E-state index is 0.0494. The van der Waals surface area contributed by atoms with E-state index in [4.69, 9.17) is 6.42 Å². The third-order valence-electron chi connectivity index (χ3n) is 3.26. The number of amides is 1. The van der Waals surface area contributed by atoms with Gasteiger partial charge in [0.25, 0.3) is 0 Å². The van der Waals surface area contributed by atoms with Crippen LogP contribution in [0.15, 0.2) is 0 Å². The highest BCUT2D eigenvalue weighted by Gasteiger charge is 2.20. The maximum Gasteiger partial charge on any atom is 0.234 e. The number of hydrogen-bond acceptors (Lipinski definition) is 2. The van der Waals surface area contributed by atoms with Crippen LogP contribution in [0.3, 0.4) is 0 Å². The molecule has 0 saturated heterocycles. The van der Waals surface area contributed by atoms with Gasteiger partial charge < -0.3 is 5.32 Å². The van der Waals surface area contributed by atoms with Crippen LogP contribution in [0.2, 0.25) is 0 Å². The van der Waals surface area contributed by atoms with Crippen molar-refractivity contribution in [3.63, 3.8) is 0 Å². The topological polar surface area (TPSA) is 41.1 Å². The molecule has 3 nitrogen and oxygen atoms in total. The lowest BCUT2D eigenvalue weighted by Gasteiger charge is -2.28. The first-order chi connectivity index (χ1) is 7.74. The molecule has 1 aliphatic carbocycles. The van der Waals surface area contributed by atoms with Crippen molar-refractivity contribution in [3.05, 3.63) is 0 Å². The van der Waals surface area contributed by atoms with Gasteiger partial charge in [0.2, 0.25) is 5.91 Å². The van der Waals surface area contributed by atoms with E-state index in [1.807, 2.05) is 0 Å². The van der Waals surface area contributed by atoms with Crippen LogP contribution in [0, 0.1) is 18.3 Å². The monoisotopic (exact) mass is 222 g/mol. The van der Waals surface area contributed by atoms with Crippen LogP contribution in [-0.2, 0) is 4.79 Å². The minimum Gasteiger partial charge on any atom is -0.352 e. The molecule has 1 aliphatic rings. The molecule has 2 N–H and O–H groups in total. The van der Waals surface area contributed by atoms with Gasteiger partial charge in [-0.1, -0.05) is 25.2 Å². The largest absolute Gasteiger partial charge is 0.352 e. The first kappa shape index (κ1) is 13.1. The van der Waals surface area contributed by atoms with Crippen molar-refractivity contribution >= 4 is 5.91 Å². The molecular weight excluding hydrogens is 200 g/mol. The van der Waals surface area contributed by atoms with Crippen molar-refractivity contribution < 1.29 is 4.79 Å². The Morgan fingerprint density at radius 2 is 2.12 bits per heavy atom. The lowest BCUT2D eigenvalue weighted by atomic mass is 9.84. The van der Waals surface area contributed by atoms with Gasteiger partial charge in [-0.15, -0.1) is 6.42 Å². The Balaban J connectivity index is 2.19. The fourth-order valence-electron chi connectivity index (χ4n) is 2.31. The first-order valence-corrected chi connectivity index (χ1v) is 6.17. The summed E-state index contributed by atoms with van der Waals surface area (Å²) in [6.07, 6.45) is 11.5. The van der Waals surface area contributed by atoms with E-state index in [2.05, 4.69) is 23.5 Å². The van der Waals surface area contributed by atoms with Gasteiger partial charge in [0, 0.05) is 6.04 Å². The molecule has 0 aromatic rings. The SMILES string of the molecule is C#CCNCC(=O)N[C@@H](C)C1CCCCC1. The highest BCUT2D eigenvalue weighted by molar-refractivity contribution is 5.78. The van der Waals surface area contributed by atoms with Crippen molar-refractivity contribution in [1.82, 2.24) is 10.6 Å². The number of hydrogen-bond donors (Lipinski definition) is 2. The van der Waals surface area contributed by atoms with Gasteiger partial charge in [0.05, 0.1) is 13.1 Å². The van der Waals surface area contributed by atoms with Crippen molar-refractivity contribution in [2.24, 2.45) is 5.92 Å². The summed E-state index contributed by atoms with van der Waals surface area (Å²) >= 11 is 0. The molecule has 1 saturated carbocycles. The molecule has 16 heavy (non-hydrogen) atoms. The third-order valence-corrected chi connectivity index (χ3v) is 3.26. The van der Waals surface area contributed by atoms with Gasteiger partial charge in [-0.25, -0.2) is 0 Å². The van der Waals surface area contributed by atoms with Crippen LogP contribution in [0.5, 0.6) is 0 Å². The van der Waals surface area contributed by atoms with Crippen molar-refractivity contribution in [3.8, 4) is 12.3 Å². The highest BCUT2D eigenvalue weighted by atomic mass is 16.1. The molecule has 1 fully saturated rings. The summed E-state index contributed by atoms with van der Waals surface area (Å²) in [7, 11) is 0. The van der Waals surface area contributed by atoms with Crippen molar-refractivity contribution in [1.29, 1.82) is 0 Å². The molecule has 1 rings (SSSR count). The van der Waals surface area contributed by atoms with Gasteiger partial charge in [-0.05, 0) is 25.7 Å². The zero-order valence-electron chi connectivity index (χ0n) is 10.1. The molecule has 90 valence electrons. The van der Waals surface area contributed by atoms with E-state index in [0.717, 1.165) is 0 Å². The number of nitrogens with one attached hydrogen (secondary N) is 2.